The number of hydrogen-bond acceptors (Lipinski definition) is 3. The predicted octanol–water partition coefficient (Wildman–Crippen LogP) is 1.66. The van der Waals surface area contributed by atoms with E-state index in [4.69, 9.17) is 4.74 Å². The molecule has 1 N–H and O–H groups in total. The van der Waals surface area contributed by atoms with Crippen LogP contribution in [0.25, 0.3) is 0 Å². The molecule has 0 radical (unpaired) electrons. The van der Waals surface area contributed by atoms with Crippen molar-refractivity contribution in [2.45, 2.75) is 18.7 Å². The summed E-state index contributed by atoms with van der Waals surface area (Å²) in [5.41, 5.74) is 0.954. The number of benzene rings is 1. The van der Waals surface area contributed by atoms with Crippen molar-refractivity contribution in [2.24, 2.45) is 4.99 Å². The molecule has 4 nitrogen and oxygen atoms in total. The first-order chi connectivity index (χ1) is 7.58. The second kappa shape index (κ2) is 5.65. The molecule has 0 fully saturated rings. The Morgan fingerprint density at radius 1 is 1.50 bits per heavy atom. The third-order valence-corrected chi connectivity index (χ3v) is 3.49. The Morgan fingerprint density at radius 3 is 2.75 bits per heavy atom. The highest BCUT2D eigenvalue weighted by Gasteiger charge is 2.09. The normalized spacial score (nSPS) is 13.4. The predicted molar refractivity (Wildman–Crippen MR) is 66.3 cm³/mol. The molecule has 0 heterocycles. The molecule has 0 aliphatic rings. The molecule has 16 heavy (non-hydrogen) atoms. The quantitative estimate of drug-likeness (QED) is 0.645. The van der Waals surface area contributed by atoms with Gasteiger partial charge in [0.2, 0.25) is 0 Å². The van der Waals surface area contributed by atoms with Gasteiger partial charge in [-0.15, -0.1) is 0 Å². The fourth-order valence-corrected chi connectivity index (χ4v) is 2.20. The number of rotatable bonds is 3. The minimum Gasteiger partial charge on any atom is -0.497 e. The molecule has 0 saturated heterocycles. The summed E-state index contributed by atoms with van der Waals surface area (Å²) in [6.45, 7) is 3.68. The first-order valence-electron chi connectivity index (χ1n) is 4.85. The van der Waals surface area contributed by atoms with Gasteiger partial charge in [-0.3, -0.25) is 9.71 Å². The second-order valence-electron chi connectivity index (χ2n) is 3.31. The van der Waals surface area contributed by atoms with Crippen molar-refractivity contribution in [1.82, 2.24) is 4.72 Å². The van der Waals surface area contributed by atoms with Crippen molar-refractivity contribution < 1.29 is 8.95 Å². The van der Waals surface area contributed by atoms with Gasteiger partial charge in [0.05, 0.1) is 12.0 Å². The fraction of sp³-hybridized carbons (Fsp3) is 0.364. The zero-order valence-electron chi connectivity index (χ0n) is 9.90. The number of nitrogens with zero attached hydrogens (tertiary/aromatic N) is 1. The molecule has 88 valence electrons. The molecule has 1 unspecified atom stereocenters. The van der Waals surface area contributed by atoms with Crippen molar-refractivity contribution in [3.8, 4) is 5.75 Å². The number of aliphatic imine (C=N–C) groups is 1. The van der Waals surface area contributed by atoms with Crippen molar-refractivity contribution in [2.75, 3.05) is 14.2 Å². The highest BCUT2D eigenvalue weighted by Crippen LogP contribution is 2.19. The maximum Gasteiger partial charge on any atom is 0.151 e. The molecular weight excluding hydrogens is 224 g/mol. The van der Waals surface area contributed by atoms with Crippen molar-refractivity contribution in [3.63, 3.8) is 0 Å². The largest absolute Gasteiger partial charge is 0.497 e. The van der Waals surface area contributed by atoms with Gasteiger partial charge >= 0.3 is 0 Å². The van der Waals surface area contributed by atoms with Gasteiger partial charge in [-0.25, -0.2) is 4.21 Å². The summed E-state index contributed by atoms with van der Waals surface area (Å²) in [4.78, 5) is 4.62. The minimum atomic E-state index is -1.30. The molecule has 1 atom stereocenters. The van der Waals surface area contributed by atoms with E-state index in [0.29, 0.717) is 16.5 Å². The molecule has 0 spiro atoms. The van der Waals surface area contributed by atoms with E-state index >= 15 is 0 Å². The lowest BCUT2D eigenvalue weighted by Crippen LogP contribution is -2.23. The maximum atomic E-state index is 12.0. The lowest BCUT2D eigenvalue weighted by Gasteiger charge is -2.09. The summed E-state index contributed by atoms with van der Waals surface area (Å²) < 4.78 is 19.9. The van der Waals surface area contributed by atoms with Crippen LogP contribution in [0.15, 0.2) is 28.1 Å². The third-order valence-electron chi connectivity index (χ3n) is 2.17. The van der Waals surface area contributed by atoms with Gasteiger partial charge in [0, 0.05) is 7.05 Å². The molecule has 0 aliphatic heterocycles. The number of amidine groups is 1. The number of aryl methyl sites for hydroxylation is 1. The third kappa shape index (κ3) is 3.06. The fourth-order valence-electron chi connectivity index (χ4n) is 1.14. The molecule has 0 bridgehead atoms. The van der Waals surface area contributed by atoms with Crippen molar-refractivity contribution >= 4 is 16.8 Å². The molecule has 1 aromatic carbocycles. The van der Waals surface area contributed by atoms with Crippen LogP contribution in [0.4, 0.5) is 0 Å². The van der Waals surface area contributed by atoms with E-state index in [1.807, 2.05) is 19.1 Å². The zero-order chi connectivity index (χ0) is 12.1. The second-order valence-corrected chi connectivity index (χ2v) is 4.49. The van der Waals surface area contributed by atoms with Crippen LogP contribution >= 0.6 is 0 Å². The van der Waals surface area contributed by atoms with Crippen LogP contribution in [0.2, 0.25) is 0 Å². The van der Waals surface area contributed by atoms with Crippen LogP contribution < -0.4 is 9.46 Å². The van der Waals surface area contributed by atoms with Gasteiger partial charge in [-0.05, 0) is 31.5 Å². The highest BCUT2D eigenvalue weighted by molar-refractivity contribution is 7.83. The van der Waals surface area contributed by atoms with Crippen molar-refractivity contribution in [3.05, 3.63) is 23.8 Å². The maximum absolute atomic E-state index is 12.0. The van der Waals surface area contributed by atoms with E-state index in [9.17, 15) is 4.21 Å². The van der Waals surface area contributed by atoms with Crippen LogP contribution in [0, 0.1) is 6.92 Å². The lowest BCUT2D eigenvalue weighted by atomic mass is 10.2. The van der Waals surface area contributed by atoms with Crippen LogP contribution in [-0.4, -0.2) is 24.2 Å². The van der Waals surface area contributed by atoms with E-state index in [1.54, 1.807) is 27.1 Å². The van der Waals surface area contributed by atoms with E-state index in [0.717, 1.165) is 5.56 Å². The van der Waals surface area contributed by atoms with Gasteiger partial charge < -0.3 is 4.74 Å². The number of ether oxygens (including phenoxy) is 1. The van der Waals surface area contributed by atoms with Gasteiger partial charge in [-0.2, -0.15) is 0 Å². The Bertz CT molecular complexity index is 430. The molecule has 1 aromatic rings. The summed E-state index contributed by atoms with van der Waals surface area (Å²) in [6, 6.07) is 5.49. The van der Waals surface area contributed by atoms with Gasteiger partial charge in [0.1, 0.15) is 11.6 Å². The van der Waals surface area contributed by atoms with E-state index in [2.05, 4.69) is 9.71 Å². The standard InChI is InChI=1S/C11H16N2O2S/c1-8-5-6-10(15-4)7-11(8)16(14)13-9(2)12-3/h5-7H,1-4H3,(H,12,13). The van der Waals surface area contributed by atoms with Gasteiger partial charge in [0.25, 0.3) is 0 Å². The van der Waals surface area contributed by atoms with Gasteiger partial charge in [0.15, 0.2) is 11.0 Å². The molecule has 0 aromatic heterocycles. The SMILES string of the molecule is CN=C(C)NS(=O)c1cc(OC)ccc1C. The zero-order valence-corrected chi connectivity index (χ0v) is 10.7. The number of methoxy groups -OCH3 is 1. The number of nitrogens with one attached hydrogen (secondary N) is 1. The van der Waals surface area contributed by atoms with E-state index in [1.165, 1.54) is 0 Å². The molecule has 1 rings (SSSR count). The first-order valence-corrected chi connectivity index (χ1v) is 6.00. The van der Waals surface area contributed by atoms with Crippen LogP contribution in [0.1, 0.15) is 12.5 Å². The summed E-state index contributed by atoms with van der Waals surface area (Å²) in [6.07, 6.45) is 0. The Morgan fingerprint density at radius 2 is 2.19 bits per heavy atom. The highest BCUT2D eigenvalue weighted by atomic mass is 32.2. The average molecular weight is 240 g/mol. The average Bonchev–Trinajstić information content (AvgIpc) is 2.29. The van der Waals surface area contributed by atoms with Crippen molar-refractivity contribution in [1.29, 1.82) is 0 Å². The molecular formula is C11H16N2O2S. The number of hydrogen-bond donors (Lipinski definition) is 1. The Kier molecular flexibility index (Phi) is 4.49. The molecule has 0 aliphatic carbocycles. The Balaban J connectivity index is 2.98. The van der Waals surface area contributed by atoms with Crippen LogP contribution in [0.3, 0.4) is 0 Å². The van der Waals surface area contributed by atoms with Gasteiger partial charge in [-0.1, -0.05) is 6.07 Å². The van der Waals surface area contributed by atoms with Crippen LogP contribution in [0.5, 0.6) is 5.75 Å². The van der Waals surface area contributed by atoms with E-state index < -0.39 is 11.0 Å². The topological polar surface area (TPSA) is 50.7 Å². The first kappa shape index (κ1) is 12.7. The molecule has 5 heteroatoms. The molecule has 0 saturated carbocycles. The minimum absolute atomic E-state index is 0.639. The van der Waals surface area contributed by atoms with E-state index in [-0.39, 0.29) is 0 Å². The van der Waals surface area contributed by atoms with Crippen LogP contribution in [-0.2, 0) is 11.0 Å². The summed E-state index contributed by atoms with van der Waals surface area (Å²) in [7, 11) is 1.94. The Labute approximate surface area is 98.3 Å². The smallest absolute Gasteiger partial charge is 0.151 e. The summed E-state index contributed by atoms with van der Waals surface area (Å²) in [5, 5.41) is 0. The monoisotopic (exact) mass is 240 g/mol. The Hall–Kier alpha value is -1.36. The lowest BCUT2D eigenvalue weighted by molar-refractivity contribution is 0.413. The summed E-state index contributed by atoms with van der Waals surface area (Å²) >= 11 is 0. The summed E-state index contributed by atoms with van der Waals surface area (Å²) in [5.74, 6) is 1.34. The molecule has 0 amide bonds.